The van der Waals surface area contributed by atoms with Gasteiger partial charge in [0.05, 0.1) is 5.70 Å². The Labute approximate surface area is 168 Å². The molecule has 4 rings (SSSR count). The Kier molecular flexibility index (Phi) is 5.59. The van der Waals surface area contributed by atoms with Crippen LogP contribution in [0.1, 0.15) is 48.9 Å². The van der Waals surface area contributed by atoms with Gasteiger partial charge < -0.3 is 4.90 Å². The Morgan fingerprint density at radius 1 is 0.821 bits per heavy atom. The van der Waals surface area contributed by atoms with E-state index in [-0.39, 0.29) is 6.04 Å². The van der Waals surface area contributed by atoms with Gasteiger partial charge >= 0.3 is 0 Å². The highest BCUT2D eigenvalue weighted by Gasteiger charge is 2.29. The first-order valence-electron chi connectivity index (χ1n) is 10.1. The Morgan fingerprint density at radius 3 is 2.25 bits per heavy atom. The molecule has 0 amide bonds. The third kappa shape index (κ3) is 3.73. The van der Waals surface area contributed by atoms with Gasteiger partial charge in [-0.2, -0.15) is 0 Å². The molecule has 0 radical (unpaired) electrons. The summed E-state index contributed by atoms with van der Waals surface area (Å²) in [5, 5.41) is 0. The van der Waals surface area contributed by atoms with Gasteiger partial charge in [-0.3, -0.25) is 0 Å². The summed E-state index contributed by atoms with van der Waals surface area (Å²) in [5.74, 6) is 7.05. The average molecular weight is 364 g/mol. The molecule has 1 aliphatic rings. The molecule has 0 bridgehead atoms. The van der Waals surface area contributed by atoms with Crippen LogP contribution in [0.2, 0.25) is 0 Å². The van der Waals surface area contributed by atoms with Gasteiger partial charge in [-0.15, -0.1) is 5.92 Å². The topological polar surface area (TPSA) is 3.24 Å². The van der Waals surface area contributed by atoms with E-state index in [9.17, 15) is 0 Å². The lowest BCUT2D eigenvalue weighted by Gasteiger charge is -2.37. The zero-order chi connectivity index (χ0) is 19.2. The molecule has 3 aromatic carbocycles. The van der Waals surface area contributed by atoms with Crippen LogP contribution >= 0.6 is 0 Å². The number of anilines is 1. The van der Waals surface area contributed by atoms with Crippen LogP contribution in [-0.2, 0) is 0 Å². The van der Waals surface area contributed by atoms with E-state index >= 15 is 0 Å². The second kappa shape index (κ2) is 8.63. The van der Waals surface area contributed by atoms with Gasteiger partial charge in [0.1, 0.15) is 6.04 Å². The number of benzene rings is 3. The summed E-state index contributed by atoms with van der Waals surface area (Å²) in [7, 11) is 0. The lowest BCUT2D eigenvalue weighted by atomic mass is 9.91. The number of rotatable bonds is 4. The van der Waals surface area contributed by atoms with E-state index in [1.165, 1.54) is 34.5 Å². The second-order valence-corrected chi connectivity index (χ2v) is 7.06. The number of para-hydroxylation sites is 1. The first-order chi connectivity index (χ1) is 13.9. The highest BCUT2D eigenvalue weighted by Crippen LogP contribution is 2.41. The smallest absolute Gasteiger partial charge is 0.121 e. The van der Waals surface area contributed by atoms with Gasteiger partial charge in [0, 0.05) is 12.1 Å². The van der Waals surface area contributed by atoms with Crippen LogP contribution in [0, 0.1) is 11.8 Å². The van der Waals surface area contributed by atoms with E-state index in [1.807, 2.05) is 0 Å². The van der Waals surface area contributed by atoms with Crippen molar-refractivity contribution in [3.05, 3.63) is 102 Å². The van der Waals surface area contributed by atoms with Crippen molar-refractivity contribution < 1.29 is 0 Å². The fourth-order valence-electron chi connectivity index (χ4n) is 3.67. The maximum absolute atomic E-state index is 3.60. The minimum absolute atomic E-state index is 0.00987. The highest BCUT2D eigenvalue weighted by atomic mass is 15.2. The van der Waals surface area contributed by atoms with Crippen LogP contribution in [0.15, 0.2) is 84.9 Å². The maximum Gasteiger partial charge on any atom is 0.121 e. The van der Waals surface area contributed by atoms with Crippen molar-refractivity contribution in [3.63, 3.8) is 0 Å². The monoisotopic (exact) mass is 363 g/mol. The average Bonchev–Trinajstić information content (AvgIpc) is 2.77. The van der Waals surface area contributed by atoms with Crippen molar-refractivity contribution in [1.29, 1.82) is 0 Å². The molecule has 0 saturated heterocycles. The zero-order valence-corrected chi connectivity index (χ0v) is 16.3. The number of hydrogen-bond acceptors (Lipinski definition) is 1. The molecule has 0 saturated carbocycles. The number of unbranched alkanes of at least 4 members (excludes halogenated alkanes) is 2. The lowest BCUT2D eigenvalue weighted by molar-refractivity contribution is 0.822. The van der Waals surface area contributed by atoms with Crippen LogP contribution in [-0.4, -0.2) is 0 Å². The molecule has 0 N–H and O–H groups in total. The summed E-state index contributed by atoms with van der Waals surface area (Å²) in [6.07, 6.45) is 5.56. The number of fused-ring (bicyclic) bond motifs is 1. The summed E-state index contributed by atoms with van der Waals surface area (Å²) in [6.45, 7) is 2.21. The Balaban J connectivity index is 1.88. The molecule has 28 heavy (non-hydrogen) atoms. The molecule has 1 heterocycles. The fraction of sp³-hybridized carbons (Fsp3) is 0.185. The Bertz CT molecular complexity index is 1010. The quantitative estimate of drug-likeness (QED) is 0.358. The van der Waals surface area contributed by atoms with Gasteiger partial charge in [0.15, 0.2) is 0 Å². The van der Waals surface area contributed by atoms with Gasteiger partial charge in [0.2, 0.25) is 0 Å². The molecule has 3 aromatic rings. The highest BCUT2D eigenvalue weighted by molar-refractivity contribution is 5.94. The molecule has 1 unspecified atom stereocenters. The standard InChI is InChI=1S/C27H25N/c1-2-3-4-11-20-26-25-19-13-12-16-23(25)21-27(22-14-7-5-8-15-22)28(26)24-17-9-6-10-18-24/h5-10,12-19,21,26H,2-4H2,1H3. The minimum atomic E-state index is 0.00987. The summed E-state index contributed by atoms with van der Waals surface area (Å²) < 4.78 is 0. The second-order valence-electron chi connectivity index (χ2n) is 7.06. The van der Waals surface area contributed by atoms with E-state index in [4.69, 9.17) is 0 Å². The molecular weight excluding hydrogens is 338 g/mol. The summed E-state index contributed by atoms with van der Waals surface area (Å²) in [5.41, 5.74) is 6.10. The third-order valence-electron chi connectivity index (χ3n) is 5.10. The SMILES string of the molecule is CCCCC#CC1c2ccccc2C=C(c2ccccc2)N1c1ccccc1. The van der Waals surface area contributed by atoms with Crippen LogP contribution < -0.4 is 4.90 Å². The maximum atomic E-state index is 3.60. The van der Waals surface area contributed by atoms with Crippen molar-refractivity contribution in [3.8, 4) is 11.8 Å². The molecule has 0 aliphatic carbocycles. The van der Waals surface area contributed by atoms with E-state index in [2.05, 4.69) is 115 Å². The zero-order valence-electron chi connectivity index (χ0n) is 16.3. The summed E-state index contributed by atoms with van der Waals surface area (Å²) in [4.78, 5) is 2.39. The van der Waals surface area contributed by atoms with Gasteiger partial charge in [0.25, 0.3) is 0 Å². The molecule has 138 valence electrons. The molecule has 0 aromatic heterocycles. The summed E-state index contributed by atoms with van der Waals surface area (Å²) >= 11 is 0. The van der Waals surface area contributed by atoms with Crippen LogP contribution in [0.4, 0.5) is 5.69 Å². The van der Waals surface area contributed by atoms with Crippen molar-refractivity contribution in [1.82, 2.24) is 0 Å². The summed E-state index contributed by atoms with van der Waals surface area (Å²) in [6, 6.07) is 29.9. The largest absolute Gasteiger partial charge is 0.322 e. The van der Waals surface area contributed by atoms with Crippen molar-refractivity contribution in [2.75, 3.05) is 4.90 Å². The molecular formula is C27H25N. The number of hydrogen-bond donors (Lipinski definition) is 0. The first-order valence-corrected chi connectivity index (χ1v) is 10.1. The van der Waals surface area contributed by atoms with Crippen molar-refractivity contribution >= 4 is 17.5 Å². The minimum Gasteiger partial charge on any atom is -0.322 e. The third-order valence-corrected chi connectivity index (χ3v) is 5.10. The van der Waals surface area contributed by atoms with E-state index < -0.39 is 0 Å². The van der Waals surface area contributed by atoms with E-state index in [0.29, 0.717) is 0 Å². The Morgan fingerprint density at radius 2 is 1.50 bits per heavy atom. The molecule has 0 fully saturated rings. The van der Waals surface area contributed by atoms with Gasteiger partial charge in [-0.25, -0.2) is 0 Å². The normalized spacial score (nSPS) is 15.2. The van der Waals surface area contributed by atoms with Crippen LogP contribution in [0.3, 0.4) is 0 Å². The molecule has 1 atom stereocenters. The van der Waals surface area contributed by atoms with E-state index in [0.717, 1.165) is 12.8 Å². The van der Waals surface area contributed by atoms with Crippen LogP contribution in [0.5, 0.6) is 0 Å². The van der Waals surface area contributed by atoms with Gasteiger partial charge in [-0.05, 0) is 41.3 Å². The first kappa shape index (κ1) is 18.1. The van der Waals surface area contributed by atoms with Crippen LogP contribution in [0.25, 0.3) is 11.8 Å². The molecule has 1 heteroatoms. The van der Waals surface area contributed by atoms with Crippen molar-refractivity contribution in [2.24, 2.45) is 0 Å². The Hall–Kier alpha value is -3.24. The van der Waals surface area contributed by atoms with Gasteiger partial charge in [-0.1, -0.05) is 92.1 Å². The van der Waals surface area contributed by atoms with E-state index in [1.54, 1.807) is 0 Å². The molecule has 1 aliphatic heterocycles. The predicted molar refractivity (Wildman–Crippen MR) is 120 cm³/mol. The predicted octanol–water partition coefficient (Wildman–Crippen LogP) is 6.94. The fourth-order valence-corrected chi connectivity index (χ4v) is 3.67. The lowest BCUT2D eigenvalue weighted by Crippen LogP contribution is -2.29. The molecule has 1 nitrogen and oxygen atoms in total. The van der Waals surface area contributed by atoms with Crippen molar-refractivity contribution in [2.45, 2.75) is 32.2 Å². The molecule has 0 spiro atoms. The number of nitrogens with zero attached hydrogens (tertiary/aromatic N) is 1.